The molecule has 0 unspecified atom stereocenters. The number of nitrogens with one attached hydrogen (secondary N) is 1. The van der Waals surface area contributed by atoms with Crippen LogP contribution in [-0.2, 0) is 11.2 Å². The first-order chi connectivity index (χ1) is 10.2. The summed E-state index contributed by atoms with van der Waals surface area (Å²) in [5.74, 6) is -0.0926. The summed E-state index contributed by atoms with van der Waals surface area (Å²) in [4.78, 5) is 20.4. The van der Waals surface area contributed by atoms with E-state index in [1.54, 1.807) is 18.5 Å². The highest BCUT2D eigenvalue weighted by molar-refractivity contribution is 7.13. The van der Waals surface area contributed by atoms with Gasteiger partial charge in [0.05, 0.1) is 16.3 Å². The van der Waals surface area contributed by atoms with Crippen LogP contribution in [0.1, 0.15) is 18.9 Å². The molecule has 0 bridgehead atoms. The molecule has 0 fully saturated rings. The Labute approximate surface area is 127 Å². The third kappa shape index (κ3) is 4.36. The molecule has 5 heteroatoms. The van der Waals surface area contributed by atoms with Gasteiger partial charge in [-0.05, 0) is 24.1 Å². The average Bonchev–Trinajstić information content (AvgIpc) is 2.82. The van der Waals surface area contributed by atoms with E-state index in [4.69, 9.17) is 0 Å². The second kappa shape index (κ2) is 7.50. The number of amides is 1. The zero-order valence-electron chi connectivity index (χ0n) is 11.9. The molecule has 0 radical (unpaired) electrons. The summed E-state index contributed by atoms with van der Waals surface area (Å²) < 4.78 is 1.05. The number of anilines is 1. The first-order valence-corrected chi connectivity index (χ1v) is 7.53. The van der Waals surface area contributed by atoms with Gasteiger partial charge in [-0.15, -0.1) is 0 Å². The Morgan fingerprint density at radius 2 is 2.38 bits per heavy atom. The molecule has 21 heavy (non-hydrogen) atoms. The fraction of sp³-hybridized carbons (Fsp3) is 0.188. The highest BCUT2D eigenvalue weighted by Crippen LogP contribution is 2.06. The average molecular weight is 299 g/mol. The van der Waals surface area contributed by atoms with Crippen LogP contribution in [0.2, 0.25) is 0 Å². The molecule has 0 atom stereocenters. The lowest BCUT2D eigenvalue weighted by Gasteiger charge is -2.00. The van der Waals surface area contributed by atoms with Crippen molar-refractivity contribution in [1.29, 1.82) is 0 Å². The van der Waals surface area contributed by atoms with E-state index in [0.29, 0.717) is 11.6 Å². The number of thiazole rings is 1. The largest absolute Gasteiger partial charge is 0.302 e. The normalized spacial score (nSPS) is 12.4. The van der Waals surface area contributed by atoms with Crippen LogP contribution in [0.25, 0.3) is 12.2 Å². The van der Waals surface area contributed by atoms with Crippen LogP contribution in [0, 0.1) is 0 Å². The first kappa shape index (κ1) is 15.1. The van der Waals surface area contributed by atoms with Crippen molar-refractivity contribution in [2.24, 2.45) is 0 Å². The van der Waals surface area contributed by atoms with Gasteiger partial charge in [-0.25, -0.2) is 4.98 Å². The zero-order valence-corrected chi connectivity index (χ0v) is 12.7. The summed E-state index contributed by atoms with van der Waals surface area (Å²) >= 11 is 1.47. The molecule has 1 amide bonds. The lowest BCUT2D eigenvalue weighted by atomic mass is 10.2. The van der Waals surface area contributed by atoms with Crippen LogP contribution < -0.4 is 15.2 Å². The van der Waals surface area contributed by atoms with E-state index in [1.807, 2.05) is 18.2 Å². The summed E-state index contributed by atoms with van der Waals surface area (Å²) in [5.41, 5.74) is 0.879. The van der Waals surface area contributed by atoms with Gasteiger partial charge in [-0.2, -0.15) is 0 Å². The van der Waals surface area contributed by atoms with Gasteiger partial charge in [-0.3, -0.25) is 9.78 Å². The first-order valence-electron chi connectivity index (χ1n) is 6.71. The smallest absolute Gasteiger partial charge is 0.230 e. The molecule has 0 saturated carbocycles. The maximum Gasteiger partial charge on any atom is 0.230 e. The van der Waals surface area contributed by atoms with Crippen molar-refractivity contribution in [2.45, 2.75) is 19.8 Å². The van der Waals surface area contributed by atoms with E-state index in [-0.39, 0.29) is 5.91 Å². The number of nitrogens with zero attached hydrogens (tertiary/aromatic N) is 2. The third-order valence-corrected chi connectivity index (χ3v) is 3.66. The molecular weight excluding hydrogens is 282 g/mol. The third-order valence-electron chi connectivity index (χ3n) is 2.68. The Kier molecular flexibility index (Phi) is 5.40. The zero-order chi connectivity index (χ0) is 15.1. The number of carbonyl (C=O) groups excluding carboxylic acids is 1. The van der Waals surface area contributed by atoms with Gasteiger partial charge in [-0.1, -0.05) is 43.1 Å². The van der Waals surface area contributed by atoms with Gasteiger partial charge in [0, 0.05) is 12.4 Å². The van der Waals surface area contributed by atoms with Crippen molar-refractivity contribution in [3.63, 3.8) is 0 Å². The number of aromatic nitrogens is 2. The minimum absolute atomic E-state index is 0.0926. The maximum absolute atomic E-state index is 12.0. The molecule has 4 nitrogen and oxygen atoms in total. The predicted octanol–water partition coefficient (Wildman–Crippen LogP) is 1.88. The molecule has 2 rings (SSSR count). The van der Waals surface area contributed by atoms with Crippen LogP contribution in [-0.4, -0.2) is 15.9 Å². The Morgan fingerprint density at radius 3 is 3.05 bits per heavy atom. The molecule has 0 aliphatic carbocycles. The van der Waals surface area contributed by atoms with Crippen molar-refractivity contribution >= 4 is 34.5 Å². The Morgan fingerprint density at radius 1 is 1.52 bits per heavy atom. The quantitative estimate of drug-likeness (QED) is 0.917. The molecule has 0 aliphatic heterocycles. The van der Waals surface area contributed by atoms with Crippen molar-refractivity contribution in [2.75, 3.05) is 5.32 Å². The van der Waals surface area contributed by atoms with Crippen LogP contribution >= 0.6 is 11.3 Å². The summed E-state index contributed by atoms with van der Waals surface area (Å²) in [6.45, 7) is 5.75. The van der Waals surface area contributed by atoms with Crippen molar-refractivity contribution in [3.8, 4) is 0 Å². The standard InChI is InChI=1S/C16H17N3OS/c1-3-6-13-14(7-4-2)21-16(18-13)19-15(20)10-12-8-5-9-17-11-12/h3,5-9,11H,1,4,10H2,2H3,(H,18,19,20)/b13-6+,14-7+. The van der Waals surface area contributed by atoms with E-state index in [0.717, 1.165) is 21.9 Å². The highest BCUT2D eigenvalue weighted by Gasteiger charge is 2.07. The lowest BCUT2D eigenvalue weighted by molar-refractivity contribution is -0.115. The van der Waals surface area contributed by atoms with Gasteiger partial charge in [0.2, 0.25) is 5.91 Å². The SMILES string of the molecule is C=C/C=c1/nc(NC(=O)Cc2cccnc2)s/c1=C/CC. The Bertz CT molecular complexity index is 735. The van der Waals surface area contributed by atoms with Crippen molar-refractivity contribution < 1.29 is 4.79 Å². The van der Waals surface area contributed by atoms with Gasteiger partial charge >= 0.3 is 0 Å². The molecule has 2 aromatic heterocycles. The number of hydrogen-bond acceptors (Lipinski definition) is 4. The molecular formula is C16H17N3OS. The van der Waals surface area contributed by atoms with Crippen molar-refractivity contribution in [1.82, 2.24) is 9.97 Å². The molecule has 0 aromatic carbocycles. The monoisotopic (exact) mass is 299 g/mol. The maximum atomic E-state index is 12.0. The second-order valence-electron chi connectivity index (χ2n) is 4.37. The number of allylic oxidation sites excluding steroid dienone is 1. The fourth-order valence-corrected chi connectivity index (χ4v) is 2.80. The van der Waals surface area contributed by atoms with Crippen LogP contribution in [0.15, 0.2) is 37.2 Å². The van der Waals surface area contributed by atoms with Crippen molar-refractivity contribution in [3.05, 3.63) is 52.6 Å². The number of pyridine rings is 1. The minimum Gasteiger partial charge on any atom is -0.302 e. The molecule has 2 heterocycles. The number of carbonyl (C=O) groups is 1. The predicted molar refractivity (Wildman–Crippen MR) is 87.4 cm³/mol. The second-order valence-corrected chi connectivity index (χ2v) is 5.40. The molecule has 1 N–H and O–H groups in total. The molecule has 2 aromatic rings. The van der Waals surface area contributed by atoms with Gasteiger partial charge < -0.3 is 5.32 Å². The topological polar surface area (TPSA) is 54.9 Å². The molecule has 0 saturated heterocycles. The van der Waals surface area contributed by atoms with E-state index in [9.17, 15) is 4.79 Å². The molecule has 0 aliphatic rings. The van der Waals surface area contributed by atoms with E-state index in [2.05, 4.69) is 34.9 Å². The van der Waals surface area contributed by atoms with Crippen LogP contribution in [0.4, 0.5) is 5.13 Å². The van der Waals surface area contributed by atoms with E-state index in [1.165, 1.54) is 11.3 Å². The van der Waals surface area contributed by atoms with E-state index < -0.39 is 0 Å². The van der Waals surface area contributed by atoms with Crippen LogP contribution in [0.3, 0.4) is 0 Å². The number of hydrogen-bond donors (Lipinski definition) is 1. The minimum atomic E-state index is -0.0926. The Hall–Kier alpha value is -2.27. The van der Waals surface area contributed by atoms with Gasteiger partial charge in [0.1, 0.15) is 0 Å². The summed E-state index contributed by atoms with van der Waals surface area (Å²) in [5, 5.41) is 4.28. The lowest BCUT2D eigenvalue weighted by Crippen LogP contribution is -2.20. The fourth-order valence-electron chi connectivity index (χ4n) is 1.81. The highest BCUT2D eigenvalue weighted by atomic mass is 32.1. The Balaban J connectivity index is 2.15. The molecule has 0 spiro atoms. The summed E-state index contributed by atoms with van der Waals surface area (Å²) in [7, 11) is 0. The summed E-state index contributed by atoms with van der Waals surface area (Å²) in [6, 6.07) is 3.69. The van der Waals surface area contributed by atoms with Crippen LogP contribution in [0.5, 0.6) is 0 Å². The van der Waals surface area contributed by atoms with Gasteiger partial charge in [0.15, 0.2) is 5.13 Å². The summed E-state index contributed by atoms with van der Waals surface area (Å²) in [6.07, 6.45) is 10.2. The number of rotatable bonds is 5. The van der Waals surface area contributed by atoms with Gasteiger partial charge in [0.25, 0.3) is 0 Å². The van der Waals surface area contributed by atoms with E-state index >= 15 is 0 Å². The molecule has 108 valence electrons.